The average molecular weight is 436 g/mol. The molecule has 0 fully saturated rings. The van der Waals surface area contributed by atoms with Crippen molar-refractivity contribution in [3.63, 3.8) is 0 Å². The van der Waals surface area contributed by atoms with E-state index in [0.717, 1.165) is 47.0 Å². The minimum Gasteiger partial charge on any atom is -0.366 e. The topological polar surface area (TPSA) is 63.6 Å². The molecule has 5 nitrogen and oxygen atoms in total. The number of fused-ring (bicyclic) bond motifs is 1. The third-order valence-electron chi connectivity index (χ3n) is 6.37. The predicted octanol–water partition coefficient (Wildman–Crippen LogP) is 6.39. The molecule has 1 unspecified atom stereocenters. The highest BCUT2D eigenvalue weighted by Gasteiger charge is 2.26. The molecule has 0 saturated heterocycles. The third-order valence-corrected chi connectivity index (χ3v) is 6.37. The van der Waals surface area contributed by atoms with Crippen LogP contribution in [0.1, 0.15) is 61.4 Å². The van der Waals surface area contributed by atoms with Gasteiger partial charge in [0, 0.05) is 30.1 Å². The van der Waals surface area contributed by atoms with E-state index < -0.39 is 0 Å². The van der Waals surface area contributed by atoms with Crippen molar-refractivity contribution < 1.29 is 0 Å². The summed E-state index contributed by atoms with van der Waals surface area (Å²) < 4.78 is 0. The molecule has 1 atom stereocenters. The Balaban J connectivity index is 1.43. The molecule has 0 aliphatic heterocycles. The van der Waals surface area contributed by atoms with Crippen LogP contribution in [-0.2, 0) is 13.0 Å². The van der Waals surface area contributed by atoms with Crippen molar-refractivity contribution in [2.24, 2.45) is 0 Å². The van der Waals surface area contributed by atoms with Gasteiger partial charge in [-0.1, -0.05) is 57.2 Å². The molecule has 166 valence electrons. The maximum absolute atomic E-state index is 5.04. The van der Waals surface area contributed by atoms with E-state index in [1.165, 1.54) is 16.8 Å². The number of pyridine rings is 2. The van der Waals surface area contributed by atoms with Crippen LogP contribution in [0.25, 0.3) is 22.8 Å². The van der Waals surface area contributed by atoms with Gasteiger partial charge >= 0.3 is 0 Å². The number of hydrogen-bond acceptors (Lipinski definition) is 5. The number of anilines is 1. The Hall–Kier alpha value is -3.60. The minimum atomic E-state index is 0.413. The predicted molar refractivity (Wildman–Crippen MR) is 133 cm³/mol. The van der Waals surface area contributed by atoms with Gasteiger partial charge in [0.2, 0.25) is 0 Å². The summed E-state index contributed by atoms with van der Waals surface area (Å²) in [6, 6.07) is 18.5. The Bertz CT molecular complexity index is 1250. The van der Waals surface area contributed by atoms with Crippen LogP contribution in [-0.4, -0.2) is 19.9 Å². The van der Waals surface area contributed by atoms with E-state index in [1.807, 2.05) is 30.5 Å². The summed E-state index contributed by atoms with van der Waals surface area (Å²) in [6.45, 7) is 7.37. The van der Waals surface area contributed by atoms with Gasteiger partial charge in [-0.25, -0.2) is 9.97 Å². The number of rotatable bonds is 6. The van der Waals surface area contributed by atoms with Crippen LogP contribution < -0.4 is 5.32 Å². The molecule has 1 aliphatic carbocycles. The molecule has 5 heteroatoms. The zero-order valence-corrected chi connectivity index (χ0v) is 19.4. The van der Waals surface area contributed by atoms with Crippen LogP contribution in [0.5, 0.6) is 0 Å². The minimum absolute atomic E-state index is 0.413. The Labute approximate surface area is 195 Å². The summed E-state index contributed by atoms with van der Waals surface area (Å²) in [5.41, 5.74) is 7.71. The van der Waals surface area contributed by atoms with Gasteiger partial charge in [0.05, 0.1) is 17.1 Å². The van der Waals surface area contributed by atoms with Gasteiger partial charge in [-0.15, -0.1) is 0 Å². The normalized spacial score (nSPS) is 15.0. The van der Waals surface area contributed by atoms with Crippen molar-refractivity contribution in [3.8, 4) is 22.8 Å². The molecule has 1 aromatic carbocycles. The number of benzene rings is 1. The van der Waals surface area contributed by atoms with E-state index >= 15 is 0 Å². The smallest absolute Gasteiger partial charge is 0.162 e. The molecule has 0 spiro atoms. The van der Waals surface area contributed by atoms with Gasteiger partial charge in [0.25, 0.3) is 0 Å². The highest BCUT2D eigenvalue weighted by molar-refractivity contribution is 5.65. The van der Waals surface area contributed by atoms with Crippen molar-refractivity contribution >= 4 is 5.82 Å². The Morgan fingerprint density at radius 2 is 1.76 bits per heavy atom. The van der Waals surface area contributed by atoms with Crippen LogP contribution in [0.15, 0.2) is 67.0 Å². The molecular weight excluding hydrogens is 406 g/mol. The Kier molecular flexibility index (Phi) is 5.86. The molecule has 5 rings (SSSR count). The second kappa shape index (κ2) is 9.10. The lowest BCUT2D eigenvalue weighted by atomic mass is 9.96. The summed E-state index contributed by atoms with van der Waals surface area (Å²) in [6.07, 6.45) is 5.84. The van der Waals surface area contributed by atoms with E-state index in [1.54, 1.807) is 6.20 Å². The highest BCUT2D eigenvalue weighted by Crippen LogP contribution is 2.37. The van der Waals surface area contributed by atoms with Crippen LogP contribution in [0.4, 0.5) is 5.82 Å². The molecule has 1 aliphatic rings. The molecule has 3 heterocycles. The second-order valence-electron chi connectivity index (χ2n) is 9.06. The lowest BCUT2D eigenvalue weighted by Crippen LogP contribution is -2.09. The SMILES string of the molecule is CC(C)c1ccccc1-c1nc(NCc2ccc(-c3ccccn3)nc2)c2c(n1)C(C)CC2. The fourth-order valence-corrected chi connectivity index (χ4v) is 4.50. The Morgan fingerprint density at radius 3 is 2.52 bits per heavy atom. The largest absolute Gasteiger partial charge is 0.366 e. The summed E-state index contributed by atoms with van der Waals surface area (Å²) in [5.74, 6) is 2.63. The maximum atomic E-state index is 5.04. The zero-order valence-electron chi connectivity index (χ0n) is 19.4. The number of hydrogen-bond donors (Lipinski definition) is 1. The van der Waals surface area contributed by atoms with Crippen LogP contribution in [0.3, 0.4) is 0 Å². The summed E-state index contributed by atoms with van der Waals surface area (Å²) in [7, 11) is 0. The highest BCUT2D eigenvalue weighted by atomic mass is 15.0. The third kappa shape index (κ3) is 4.36. The van der Waals surface area contributed by atoms with E-state index in [4.69, 9.17) is 9.97 Å². The van der Waals surface area contributed by atoms with E-state index in [9.17, 15) is 0 Å². The van der Waals surface area contributed by atoms with Gasteiger partial charge in [-0.2, -0.15) is 0 Å². The maximum Gasteiger partial charge on any atom is 0.162 e. The fraction of sp³-hybridized carbons (Fsp3) is 0.286. The van der Waals surface area contributed by atoms with E-state index in [0.29, 0.717) is 18.4 Å². The van der Waals surface area contributed by atoms with Crippen molar-refractivity contribution in [3.05, 3.63) is 89.4 Å². The first kappa shape index (κ1) is 21.3. The first-order valence-electron chi connectivity index (χ1n) is 11.7. The molecule has 33 heavy (non-hydrogen) atoms. The molecule has 0 amide bonds. The molecule has 3 aromatic heterocycles. The van der Waals surface area contributed by atoms with Crippen molar-refractivity contribution in [1.82, 2.24) is 19.9 Å². The molecule has 0 bridgehead atoms. The van der Waals surface area contributed by atoms with Crippen molar-refractivity contribution in [1.29, 1.82) is 0 Å². The van der Waals surface area contributed by atoms with E-state index in [2.05, 4.69) is 66.4 Å². The first-order chi connectivity index (χ1) is 16.1. The lowest BCUT2D eigenvalue weighted by molar-refractivity contribution is 0.731. The molecule has 0 saturated carbocycles. The molecular formula is C28H29N5. The standard InChI is InChI=1S/C28H29N5/c1-18(2)21-8-4-5-9-22(21)28-32-26-19(3)11-13-23(26)27(33-28)31-17-20-12-14-25(30-16-20)24-10-6-7-15-29-24/h4-10,12,14-16,18-19H,11,13,17H2,1-3H3,(H,31,32,33). The summed E-state index contributed by atoms with van der Waals surface area (Å²) >= 11 is 0. The van der Waals surface area contributed by atoms with E-state index in [-0.39, 0.29) is 0 Å². The zero-order chi connectivity index (χ0) is 22.8. The van der Waals surface area contributed by atoms with Crippen LogP contribution in [0.2, 0.25) is 0 Å². The lowest BCUT2D eigenvalue weighted by Gasteiger charge is -2.16. The summed E-state index contributed by atoms with van der Waals surface area (Å²) in [5, 5.41) is 3.59. The van der Waals surface area contributed by atoms with Gasteiger partial charge in [0.15, 0.2) is 5.82 Å². The monoisotopic (exact) mass is 435 g/mol. The second-order valence-corrected chi connectivity index (χ2v) is 9.06. The molecule has 4 aromatic rings. The molecule has 0 radical (unpaired) electrons. The van der Waals surface area contributed by atoms with Gasteiger partial charge in [-0.05, 0) is 54.0 Å². The molecule has 1 N–H and O–H groups in total. The van der Waals surface area contributed by atoms with Gasteiger partial charge in [0.1, 0.15) is 5.82 Å². The number of nitrogens with one attached hydrogen (secondary N) is 1. The fourth-order valence-electron chi connectivity index (χ4n) is 4.50. The summed E-state index contributed by atoms with van der Waals surface area (Å²) in [4.78, 5) is 19.0. The van der Waals surface area contributed by atoms with Crippen molar-refractivity contribution in [2.45, 2.75) is 52.0 Å². The van der Waals surface area contributed by atoms with Gasteiger partial charge < -0.3 is 5.32 Å². The van der Waals surface area contributed by atoms with Crippen LogP contribution >= 0.6 is 0 Å². The van der Waals surface area contributed by atoms with Crippen molar-refractivity contribution in [2.75, 3.05) is 5.32 Å². The van der Waals surface area contributed by atoms with Crippen LogP contribution in [0, 0.1) is 0 Å². The first-order valence-corrected chi connectivity index (χ1v) is 11.7. The number of nitrogens with zero attached hydrogens (tertiary/aromatic N) is 4. The number of aromatic nitrogens is 4. The Morgan fingerprint density at radius 1 is 0.939 bits per heavy atom. The average Bonchev–Trinajstić information content (AvgIpc) is 3.24. The quantitative estimate of drug-likeness (QED) is 0.380. The van der Waals surface area contributed by atoms with Gasteiger partial charge in [-0.3, -0.25) is 9.97 Å².